The van der Waals surface area contributed by atoms with Crippen molar-refractivity contribution in [3.63, 3.8) is 0 Å². The SMILES string of the molecule is CC1=CC[C@H]2COC(c3ccc[n+](C)c3)[C@@H]1C2.[I-]. The van der Waals surface area contributed by atoms with E-state index < -0.39 is 0 Å². The van der Waals surface area contributed by atoms with Crippen molar-refractivity contribution in [2.75, 3.05) is 6.61 Å². The Bertz CT molecular complexity index is 458. The van der Waals surface area contributed by atoms with Crippen molar-refractivity contribution < 1.29 is 33.3 Å². The highest BCUT2D eigenvalue weighted by atomic mass is 127. The highest BCUT2D eigenvalue weighted by Gasteiger charge is 2.36. The molecular formula is C15H20INO. The lowest BCUT2D eigenvalue weighted by Gasteiger charge is -2.39. The maximum absolute atomic E-state index is 6.10. The molecule has 1 saturated heterocycles. The van der Waals surface area contributed by atoms with Gasteiger partial charge >= 0.3 is 0 Å². The molecule has 1 unspecified atom stereocenters. The fourth-order valence-electron chi connectivity index (χ4n) is 3.11. The van der Waals surface area contributed by atoms with Crippen LogP contribution in [-0.2, 0) is 11.8 Å². The molecule has 18 heavy (non-hydrogen) atoms. The van der Waals surface area contributed by atoms with Crippen LogP contribution in [0.2, 0.25) is 0 Å². The number of allylic oxidation sites excluding steroid dienone is 1. The van der Waals surface area contributed by atoms with Gasteiger partial charge in [-0.1, -0.05) is 11.6 Å². The predicted molar refractivity (Wildman–Crippen MR) is 66.3 cm³/mol. The monoisotopic (exact) mass is 357 g/mol. The number of ether oxygens (including phenoxy) is 1. The van der Waals surface area contributed by atoms with Gasteiger partial charge in [-0.2, -0.15) is 0 Å². The van der Waals surface area contributed by atoms with Crippen LogP contribution in [0, 0.1) is 11.8 Å². The first-order valence-electron chi connectivity index (χ1n) is 6.47. The van der Waals surface area contributed by atoms with Crippen molar-refractivity contribution >= 4 is 0 Å². The fourth-order valence-corrected chi connectivity index (χ4v) is 3.11. The van der Waals surface area contributed by atoms with Crippen molar-refractivity contribution in [3.8, 4) is 0 Å². The van der Waals surface area contributed by atoms with Gasteiger partial charge in [0.25, 0.3) is 0 Å². The molecule has 0 radical (unpaired) electrons. The maximum Gasteiger partial charge on any atom is 0.174 e. The molecule has 2 aliphatic rings. The van der Waals surface area contributed by atoms with Crippen molar-refractivity contribution in [1.29, 1.82) is 0 Å². The number of rotatable bonds is 1. The van der Waals surface area contributed by atoms with E-state index in [2.05, 4.69) is 49.1 Å². The van der Waals surface area contributed by atoms with Crippen molar-refractivity contribution in [2.24, 2.45) is 18.9 Å². The molecule has 0 saturated carbocycles. The van der Waals surface area contributed by atoms with Gasteiger partial charge in [0.05, 0.1) is 12.7 Å². The van der Waals surface area contributed by atoms with E-state index in [0.717, 1.165) is 12.5 Å². The van der Waals surface area contributed by atoms with Gasteiger partial charge in [0, 0.05) is 17.5 Å². The highest BCUT2D eigenvalue weighted by molar-refractivity contribution is 5.20. The molecule has 1 fully saturated rings. The van der Waals surface area contributed by atoms with Crippen LogP contribution in [0.3, 0.4) is 0 Å². The predicted octanol–water partition coefficient (Wildman–Crippen LogP) is -0.441. The van der Waals surface area contributed by atoms with Crippen molar-refractivity contribution in [2.45, 2.75) is 25.9 Å². The Hall–Kier alpha value is -0.420. The zero-order chi connectivity index (χ0) is 11.8. The molecule has 1 aliphatic heterocycles. The standard InChI is InChI=1S/C15H20NO.HI/c1-11-5-6-12-8-14(11)15(17-10-12)13-4-3-7-16(2)9-13;/h3-5,7,9,12,14-15H,6,8,10H2,1-2H3;1H/q+1;/p-1/t12-,14-,15?;/m1./s1. The third kappa shape index (κ3) is 2.62. The van der Waals surface area contributed by atoms with Crippen LogP contribution in [0.15, 0.2) is 36.2 Å². The number of aryl methyl sites for hydroxylation is 1. The van der Waals surface area contributed by atoms with Crippen LogP contribution in [0.1, 0.15) is 31.4 Å². The van der Waals surface area contributed by atoms with E-state index in [1.165, 1.54) is 24.0 Å². The summed E-state index contributed by atoms with van der Waals surface area (Å²) in [7, 11) is 2.07. The summed E-state index contributed by atoms with van der Waals surface area (Å²) in [5.41, 5.74) is 2.82. The second-order valence-electron chi connectivity index (χ2n) is 5.45. The lowest BCUT2D eigenvalue weighted by Crippen LogP contribution is -3.00. The lowest BCUT2D eigenvalue weighted by molar-refractivity contribution is -0.672. The Morgan fingerprint density at radius 3 is 3.00 bits per heavy atom. The minimum Gasteiger partial charge on any atom is -1.00 e. The molecule has 0 aromatic carbocycles. The average molecular weight is 357 g/mol. The van der Waals surface area contributed by atoms with Crippen LogP contribution in [-0.4, -0.2) is 6.61 Å². The molecule has 1 aromatic rings. The second-order valence-corrected chi connectivity index (χ2v) is 5.45. The van der Waals surface area contributed by atoms with E-state index >= 15 is 0 Å². The minimum absolute atomic E-state index is 0. The van der Waals surface area contributed by atoms with Crippen LogP contribution >= 0.6 is 0 Å². The third-order valence-electron chi connectivity index (χ3n) is 4.11. The molecule has 2 bridgehead atoms. The number of hydrogen-bond donors (Lipinski definition) is 0. The van der Waals surface area contributed by atoms with Gasteiger partial charge in [-0.05, 0) is 31.7 Å². The number of aromatic nitrogens is 1. The molecule has 2 heterocycles. The zero-order valence-electron chi connectivity index (χ0n) is 11.0. The van der Waals surface area contributed by atoms with E-state index in [9.17, 15) is 0 Å². The summed E-state index contributed by atoms with van der Waals surface area (Å²) in [5, 5.41) is 0. The topological polar surface area (TPSA) is 13.1 Å². The number of nitrogens with zero attached hydrogens (tertiary/aromatic N) is 1. The van der Waals surface area contributed by atoms with Crippen molar-refractivity contribution in [3.05, 3.63) is 41.7 Å². The average Bonchev–Trinajstić information content (AvgIpc) is 2.34. The molecule has 1 aliphatic carbocycles. The van der Waals surface area contributed by atoms with E-state index in [-0.39, 0.29) is 30.1 Å². The Morgan fingerprint density at radius 1 is 1.39 bits per heavy atom. The lowest BCUT2D eigenvalue weighted by atomic mass is 9.75. The smallest absolute Gasteiger partial charge is 0.174 e. The van der Waals surface area contributed by atoms with E-state index in [0.29, 0.717) is 5.92 Å². The molecule has 3 atom stereocenters. The Kier molecular flexibility index (Phi) is 4.43. The normalized spacial score (nSPS) is 30.3. The van der Waals surface area contributed by atoms with E-state index in [4.69, 9.17) is 4.74 Å². The number of hydrogen-bond acceptors (Lipinski definition) is 1. The summed E-state index contributed by atoms with van der Waals surface area (Å²) in [5.74, 6) is 1.34. The maximum atomic E-state index is 6.10. The molecule has 3 rings (SSSR count). The van der Waals surface area contributed by atoms with Gasteiger partial charge < -0.3 is 28.7 Å². The van der Waals surface area contributed by atoms with Gasteiger partial charge in [0.1, 0.15) is 7.05 Å². The molecule has 3 heteroatoms. The summed E-state index contributed by atoms with van der Waals surface area (Å²) in [6.07, 6.45) is 9.43. The Morgan fingerprint density at radius 2 is 2.22 bits per heavy atom. The van der Waals surface area contributed by atoms with Crippen LogP contribution in [0.4, 0.5) is 0 Å². The molecule has 2 nitrogen and oxygen atoms in total. The largest absolute Gasteiger partial charge is 1.00 e. The van der Waals surface area contributed by atoms with Gasteiger partial charge in [0.15, 0.2) is 12.4 Å². The van der Waals surface area contributed by atoms with Crippen LogP contribution in [0.5, 0.6) is 0 Å². The summed E-state index contributed by atoms with van der Waals surface area (Å²) in [6.45, 7) is 3.18. The quantitative estimate of drug-likeness (QED) is 0.377. The molecular weight excluding hydrogens is 337 g/mol. The van der Waals surface area contributed by atoms with Gasteiger partial charge in [-0.25, -0.2) is 4.57 Å². The number of pyridine rings is 1. The van der Waals surface area contributed by atoms with Gasteiger partial charge in [-0.15, -0.1) is 0 Å². The zero-order valence-corrected chi connectivity index (χ0v) is 13.1. The first-order valence-corrected chi connectivity index (χ1v) is 6.47. The Balaban J connectivity index is 0.00000120. The summed E-state index contributed by atoms with van der Waals surface area (Å²) < 4.78 is 8.21. The second kappa shape index (κ2) is 5.70. The third-order valence-corrected chi connectivity index (χ3v) is 4.11. The van der Waals surface area contributed by atoms with E-state index in [1.807, 2.05) is 0 Å². The number of fused-ring (bicyclic) bond motifs is 2. The molecule has 98 valence electrons. The fraction of sp³-hybridized carbons (Fsp3) is 0.533. The summed E-state index contributed by atoms with van der Waals surface area (Å²) in [4.78, 5) is 0. The van der Waals surface area contributed by atoms with Gasteiger partial charge in [-0.3, -0.25) is 0 Å². The van der Waals surface area contributed by atoms with Crippen LogP contribution < -0.4 is 28.5 Å². The van der Waals surface area contributed by atoms with Crippen molar-refractivity contribution in [1.82, 2.24) is 0 Å². The Labute approximate surface area is 126 Å². The molecule has 1 aromatic heterocycles. The summed E-state index contributed by atoms with van der Waals surface area (Å²) >= 11 is 0. The first kappa shape index (κ1) is 14.0. The number of halogens is 1. The first-order chi connectivity index (χ1) is 8.24. The molecule has 0 amide bonds. The van der Waals surface area contributed by atoms with Crippen LogP contribution in [0.25, 0.3) is 0 Å². The highest BCUT2D eigenvalue weighted by Crippen LogP contribution is 2.43. The van der Waals surface area contributed by atoms with E-state index in [1.54, 1.807) is 0 Å². The minimum atomic E-state index is 0. The molecule has 0 N–H and O–H groups in total. The van der Waals surface area contributed by atoms with Gasteiger partial charge in [0.2, 0.25) is 0 Å². The molecule has 0 spiro atoms. The summed E-state index contributed by atoms with van der Waals surface area (Å²) in [6, 6.07) is 4.29.